The molecule has 0 N–H and O–H groups in total. The predicted octanol–water partition coefficient (Wildman–Crippen LogP) is 4.06. The average molecular weight is 374 g/mol. The molecule has 1 atom stereocenters. The number of carbonyl (C=O) groups excluding carboxylic acids is 1. The van der Waals surface area contributed by atoms with Crippen molar-refractivity contribution in [1.82, 2.24) is 9.88 Å². The fourth-order valence-corrected chi connectivity index (χ4v) is 4.12. The molecule has 2 aliphatic rings. The van der Waals surface area contributed by atoms with Gasteiger partial charge < -0.3 is 9.47 Å². The van der Waals surface area contributed by atoms with Gasteiger partial charge in [-0.2, -0.15) is 0 Å². The van der Waals surface area contributed by atoms with Crippen LogP contribution in [0.25, 0.3) is 10.9 Å². The van der Waals surface area contributed by atoms with E-state index in [1.54, 1.807) is 0 Å². The molecule has 1 saturated heterocycles. The van der Waals surface area contributed by atoms with Crippen LogP contribution in [-0.4, -0.2) is 35.5 Å². The third-order valence-electron chi connectivity index (χ3n) is 5.58. The van der Waals surface area contributed by atoms with E-state index in [-0.39, 0.29) is 18.5 Å². The Bertz CT molecular complexity index is 1030. The minimum atomic E-state index is 0.00887. The number of hydrogen-bond acceptors (Lipinski definition) is 5. The van der Waals surface area contributed by atoms with Crippen molar-refractivity contribution in [1.29, 1.82) is 0 Å². The summed E-state index contributed by atoms with van der Waals surface area (Å²) < 4.78 is 10.8. The van der Waals surface area contributed by atoms with Gasteiger partial charge >= 0.3 is 0 Å². The maximum absolute atomic E-state index is 13.0. The molecule has 0 bridgehead atoms. The van der Waals surface area contributed by atoms with Gasteiger partial charge in [0, 0.05) is 30.0 Å². The normalized spacial score (nSPS) is 19.1. The van der Waals surface area contributed by atoms with E-state index in [0.717, 1.165) is 49.1 Å². The number of benzene rings is 2. The summed E-state index contributed by atoms with van der Waals surface area (Å²) in [5, 5.41) is 1.15. The van der Waals surface area contributed by atoms with Crippen molar-refractivity contribution < 1.29 is 14.3 Å². The van der Waals surface area contributed by atoms with E-state index in [1.807, 2.05) is 36.4 Å². The van der Waals surface area contributed by atoms with E-state index in [2.05, 4.69) is 23.1 Å². The number of pyridine rings is 1. The van der Waals surface area contributed by atoms with E-state index in [0.29, 0.717) is 17.1 Å². The molecule has 3 heterocycles. The number of carbonyl (C=O) groups is 1. The fourth-order valence-electron chi connectivity index (χ4n) is 4.12. The summed E-state index contributed by atoms with van der Waals surface area (Å²) in [5.74, 6) is 1.58. The van der Waals surface area contributed by atoms with Crippen molar-refractivity contribution in [2.45, 2.75) is 19.4 Å². The molecule has 3 aromatic rings. The molecule has 2 aromatic carbocycles. The Hall–Kier alpha value is -2.92. The zero-order valence-corrected chi connectivity index (χ0v) is 15.6. The van der Waals surface area contributed by atoms with E-state index >= 15 is 0 Å². The highest BCUT2D eigenvalue weighted by molar-refractivity contribution is 5.98. The molecule has 0 saturated carbocycles. The Morgan fingerprint density at radius 1 is 1.07 bits per heavy atom. The number of ether oxygens (including phenoxy) is 2. The molecule has 5 heteroatoms. The summed E-state index contributed by atoms with van der Waals surface area (Å²) in [6.07, 6.45) is 1.95. The molecule has 1 fully saturated rings. The van der Waals surface area contributed by atoms with E-state index < -0.39 is 0 Å². The topological polar surface area (TPSA) is 51.7 Å². The first-order valence-electron chi connectivity index (χ1n) is 9.77. The summed E-state index contributed by atoms with van der Waals surface area (Å²) in [7, 11) is 0. The molecule has 142 valence electrons. The number of piperidine rings is 1. The molecule has 0 aliphatic carbocycles. The SMILES string of the molecule is O=C(c1ccc2c(c1)OCO2)[C@@H]1CCCN(Cc2ccc3ccccc3n2)C1. The Morgan fingerprint density at radius 3 is 2.93 bits per heavy atom. The van der Waals surface area contributed by atoms with Gasteiger partial charge in [0.2, 0.25) is 6.79 Å². The highest BCUT2D eigenvalue weighted by Gasteiger charge is 2.28. The molecule has 5 nitrogen and oxygen atoms in total. The zero-order chi connectivity index (χ0) is 18.9. The number of likely N-dealkylation sites (tertiary alicyclic amines) is 1. The van der Waals surface area contributed by atoms with E-state index in [9.17, 15) is 4.79 Å². The van der Waals surface area contributed by atoms with Crippen LogP contribution in [0.3, 0.4) is 0 Å². The monoisotopic (exact) mass is 374 g/mol. The third kappa shape index (κ3) is 3.34. The molecular weight excluding hydrogens is 352 g/mol. The quantitative estimate of drug-likeness (QED) is 0.645. The smallest absolute Gasteiger partial charge is 0.231 e. The second-order valence-electron chi connectivity index (χ2n) is 7.50. The third-order valence-corrected chi connectivity index (χ3v) is 5.58. The van der Waals surface area contributed by atoms with Crippen LogP contribution in [0, 0.1) is 5.92 Å². The summed E-state index contributed by atoms with van der Waals surface area (Å²) in [6.45, 7) is 2.76. The van der Waals surface area contributed by atoms with Crippen molar-refractivity contribution in [3.05, 3.63) is 65.9 Å². The molecule has 1 aromatic heterocycles. The van der Waals surface area contributed by atoms with Gasteiger partial charge in [-0.05, 0) is 49.7 Å². The van der Waals surface area contributed by atoms with Crippen LogP contribution in [0.15, 0.2) is 54.6 Å². The first-order valence-corrected chi connectivity index (χ1v) is 9.77. The first-order chi connectivity index (χ1) is 13.8. The van der Waals surface area contributed by atoms with Crippen molar-refractivity contribution >= 4 is 16.7 Å². The van der Waals surface area contributed by atoms with Crippen molar-refractivity contribution in [3.63, 3.8) is 0 Å². The molecule has 0 unspecified atom stereocenters. The molecular formula is C23H22N2O3. The number of para-hydroxylation sites is 1. The maximum atomic E-state index is 13.0. The minimum absolute atomic E-state index is 0.00887. The lowest BCUT2D eigenvalue weighted by Crippen LogP contribution is -2.38. The zero-order valence-electron chi connectivity index (χ0n) is 15.6. The van der Waals surface area contributed by atoms with Crippen LogP contribution >= 0.6 is 0 Å². The molecule has 0 amide bonds. The Balaban J connectivity index is 1.29. The van der Waals surface area contributed by atoms with Gasteiger partial charge in [-0.3, -0.25) is 14.7 Å². The van der Waals surface area contributed by atoms with Gasteiger partial charge in [0.25, 0.3) is 0 Å². The molecule has 28 heavy (non-hydrogen) atoms. The lowest BCUT2D eigenvalue weighted by Gasteiger charge is -2.31. The second-order valence-corrected chi connectivity index (χ2v) is 7.50. The van der Waals surface area contributed by atoms with Crippen molar-refractivity contribution in [3.8, 4) is 11.5 Å². The fraction of sp³-hybridized carbons (Fsp3) is 0.304. The number of Topliss-reactive ketones (excluding diaryl/α,β-unsaturated/α-hetero) is 1. The lowest BCUT2D eigenvalue weighted by atomic mass is 9.89. The summed E-state index contributed by atoms with van der Waals surface area (Å²) in [4.78, 5) is 20.2. The van der Waals surface area contributed by atoms with E-state index in [4.69, 9.17) is 14.5 Å². The van der Waals surface area contributed by atoms with Crippen LogP contribution in [0.2, 0.25) is 0 Å². The summed E-state index contributed by atoms with van der Waals surface area (Å²) in [5.41, 5.74) is 2.78. The van der Waals surface area contributed by atoms with Crippen molar-refractivity contribution in [2.24, 2.45) is 5.92 Å². The summed E-state index contributed by atoms with van der Waals surface area (Å²) >= 11 is 0. The Labute approximate surface area is 163 Å². The lowest BCUT2D eigenvalue weighted by molar-refractivity contribution is 0.0810. The van der Waals surface area contributed by atoms with Gasteiger partial charge in [0.05, 0.1) is 11.2 Å². The largest absolute Gasteiger partial charge is 0.454 e. The number of ketones is 1. The Morgan fingerprint density at radius 2 is 1.96 bits per heavy atom. The van der Waals surface area contributed by atoms with Crippen LogP contribution < -0.4 is 9.47 Å². The number of rotatable bonds is 4. The average Bonchev–Trinajstić information content (AvgIpc) is 3.21. The highest BCUT2D eigenvalue weighted by atomic mass is 16.7. The summed E-state index contributed by atoms with van der Waals surface area (Å²) in [6, 6.07) is 17.9. The van der Waals surface area contributed by atoms with Crippen LogP contribution in [-0.2, 0) is 6.54 Å². The number of aromatic nitrogens is 1. The van der Waals surface area contributed by atoms with E-state index in [1.165, 1.54) is 0 Å². The van der Waals surface area contributed by atoms with Gasteiger partial charge in [0.1, 0.15) is 0 Å². The van der Waals surface area contributed by atoms with Gasteiger partial charge in [-0.25, -0.2) is 0 Å². The second kappa shape index (κ2) is 7.24. The molecule has 0 radical (unpaired) electrons. The number of nitrogens with zero attached hydrogens (tertiary/aromatic N) is 2. The van der Waals surface area contributed by atoms with Gasteiger partial charge in [0.15, 0.2) is 17.3 Å². The molecule has 0 spiro atoms. The van der Waals surface area contributed by atoms with Crippen molar-refractivity contribution in [2.75, 3.05) is 19.9 Å². The minimum Gasteiger partial charge on any atom is -0.454 e. The standard InChI is InChI=1S/C23H22N2O3/c26-23(17-8-10-21-22(12-17)28-15-27-21)18-5-3-11-25(13-18)14-19-9-7-16-4-1-2-6-20(16)24-19/h1-2,4,6-10,12,18H,3,5,11,13-15H2/t18-/m1/s1. The number of fused-ring (bicyclic) bond motifs is 2. The maximum Gasteiger partial charge on any atom is 0.231 e. The van der Waals surface area contributed by atoms with Gasteiger partial charge in [-0.1, -0.05) is 24.3 Å². The Kier molecular flexibility index (Phi) is 4.45. The van der Waals surface area contributed by atoms with Gasteiger partial charge in [-0.15, -0.1) is 0 Å². The van der Waals surface area contributed by atoms with Crippen LogP contribution in [0.1, 0.15) is 28.9 Å². The number of hydrogen-bond donors (Lipinski definition) is 0. The molecule has 2 aliphatic heterocycles. The highest BCUT2D eigenvalue weighted by Crippen LogP contribution is 2.34. The van der Waals surface area contributed by atoms with Crippen LogP contribution in [0.5, 0.6) is 11.5 Å². The van der Waals surface area contributed by atoms with Crippen LogP contribution in [0.4, 0.5) is 0 Å². The molecule has 5 rings (SSSR count). The predicted molar refractivity (Wildman–Crippen MR) is 107 cm³/mol. The first kappa shape index (κ1) is 17.2.